The second-order valence-electron chi connectivity index (χ2n) is 2.19. The first kappa shape index (κ1) is 8.88. The summed E-state index contributed by atoms with van der Waals surface area (Å²) in [6.45, 7) is 5.13. The van der Waals surface area contributed by atoms with Crippen LogP contribution in [-0.4, -0.2) is 17.4 Å². The molecular weight excluding hydrogens is 132 g/mol. The molecule has 0 fully saturated rings. The van der Waals surface area contributed by atoms with E-state index in [1.54, 1.807) is 6.92 Å². The van der Waals surface area contributed by atoms with Gasteiger partial charge in [0.05, 0.1) is 6.42 Å². The van der Waals surface area contributed by atoms with Crippen molar-refractivity contribution in [3.63, 3.8) is 0 Å². The number of aldehydes is 1. The van der Waals surface area contributed by atoms with Gasteiger partial charge in [0.15, 0.2) is 0 Å². The highest BCUT2D eigenvalue weighted by Gasteiger charge is 2.11. The predicted octanol–water partition coefficient (Wildman–Crippen LogP) is 0.852. The van der Waals surface area contributed by atoms with Gasteiger partial charge >= 0.3 is 5.97 Å². The highest BCUT2D eigenvalue weighted by Crippen LogP contribution is 2.08. The van der Waals surface area contributed by atoms with E-state index in [2.05, 4.69) is 6.58 Å². The Morgan fingerprint density at radius 2 is 2.30 bits per heavy atom. The van der Waals surface area contributed by atoms with E-state index in [4.69, 9.17) is 5.11 Å². The highest BCUT2D eigenvalue weighted by atomic mass is 16.4. The molecule has 1 unspecified atom stereocenters. The van der Waals surface area contributed by atoms with E-state index < -0.39 is 11.9 Å². The van der Waals surface area contributed by atoms with Crippen LogP contribution in [0.15, 0.2) is 12.2 Å². The van der Waals surface area contributed by atoms with Gasteiger partial charge in [-0.3, -0.25) is 4.79 Å². The van der Waals surface area contributed by atoms with Crippen molar-refractivity contribution >= 4 is 12.3 Å². The van der Waals surface area contributed by atoms with Crippen LogP contribution in [0.2, 0.25) is 0 Å². The summed E-state index contributed by atoms with van der Waals surface area (Å²) in [7, 11) is 0. The van der Waals surface area contributed by atoms with Gasteiger partial charge < -0.3 is 9.90 Å². The van der Waals surface area contributed by atoms with Crippen molar-refractivity contribution in [1.29, 1.82) is 0 Å². The van der Waals surface area contributed by atoms with Crippen LogP contribution in [0.5, 0.6) is 0 Å². The van der Waals surface area contributed by atoms with Crippen molar-refractivity contribution in [2.24, 2.45) is 5.92 Å². The van der Waals surface area contributed by atoms with Gasteiger partial charge in [0.25, 0.3) is 0 Å². The van der Waals surface area contributed by atoms with Crippen LogP contribution in [0.3, 0.4) is 0 Å². The van der Waals surface area contributed by atoms with Crippen molar-refractivity contribution in [1.82, 2.24) is 0 Å². The van der Waals surface area contributed by atoms with Crippen LogP contribution in [0, 0.1) is 5.92 Å². The van der Waals surface area contributed by atoms with Crippen molar-refractivity contribution in [2.75, 3.05) is 0 Å². The van der Waals surface area contributed by atoms with Crippen LogP contribution in [-0.2, 0) is 9.59 Å². The standard InChI is InChI=1S/C7H10O3/c1-5(2)6(4-8)3-7(9)10/h4,6H,1,3H2,2H3,(H,9,10). The van der Waals surface area contributed by atoms with Crippen molar-refractivity contribution in [3.8, 4) is 0 Å². The van der Waals surface area contributed by atoms with Gasteiger partial charge in [-0.05, 0) is 6.92 Å². The SMILES string of the molecule is C=C(C)C(C=O)CC(=O)O. The summed E-state index contributed by atoms with van der Waals surface area (Å²) in [4.78, 5) is 20.2. The number of hydrogen-bond donors (Lipinski definition) is 1. The van der Waals surface area contributed by atoms with E-state index in [9.17, 15) is 9.59 Å². The zero-order valence-corrected chi connectivity index (χ0v) is 5.83. The molecule has 56 valence electrons. The van der Waals surface area contributed by atoms with Gasteiger partial charge in [-0.15, -0.1) is 0 Å². The lowest BCUT2D eigenvalue weighted by molar-refractivity contribution is -0.138. The van der Waals surface area contributed by atoms with E-state index >= 15 is 0 Å². The van der Waals surface area contributed by atoms with Gasteiger partial charge in [0, 0.05) is 5.92 Å². The summed E-state index contributed by atoms with van der Waals surface area (Å²) in [5.41, 5.74) is 0.595. The summed E-state index contributed by atoms with van der Waals surface area (Å²) < 4.78 is 0. The summed E-state index contributed by atoms with van der Waals surface area (Å²) in [6, 6.07) is 0. The fourth-order valence-corrected chi connectivity index (χ4v) is 0.527. The molecule has 10 heavy (non-hydrogen) atoms. The summed E-state index contributed by atoms with van der Waals surface area (Å²) in [5, 5.41) is 8.26. The fraction of sp³-hybridized carbons (Fsp3) is 0.429. The number of rotatable bonds is 4. The largest absolute Gasteiger partial charge is 0.481 e. The molecule has 0 radical (unpaired) electrons. The zero-order chi connectivity index (χ0) is 8.15. The molecule has 0 bridgehead atoms. The quantitative estimate of drug-likeness (QED) is 0.467. The summed E-state index contributed by atoms with van der Waals surface area (Å²) in [5.74, 6) is -1.50. The van der Waals surface area contributed by atoms with Crippen LogP contribution in [0.4, 0.5) is 0 Å². The second-order valence-corrected chi connectivity index (χ2v) is 2.19. The molecule has 0 spiro atoms. The molecule has 1 N–H and O–H groups in total. The van der Waals surface area contributed by atoms with Crippen molar-refractivity contribution in [3.05, 3.63) is 12.2 Å². The molecule has 0 aromatic heterocycles. The monoisotopic (exact) mass is 142 g/mol. The van der Waals surface area contributed by atoms with Crippen LogP contribution in [0.25, 0.3) is 0 Å². The molecule has 0 heterocycles. The average molecular weight is 142 g/mol. The number of allylic oxidation sites excluding steroid dienone is 1. The maximum Gasteiger partial charge on any atom is 0.304 e. The molecule has 0 rings (SSSR count). The van der Waals surface area contributed by atoms with Crippen LogP contribution in [0.1, 0.15) is 13.3 Å². The number of aliphatic carboxylic acids is 1. The Balaban J connectivity index is 3.96. The third-order valence-corrected chi connectivity index (χ3v) is 1.19. The zero-order valence-electron chi connectivity index (χ0n) is 5.83. The first-order valence-corrected chi connectivity index (χ1v) is 2.90. The lowest BCUT2D eigenvalue weighted by Crippen LogP contribution is -2.09. The third kappa shape index (κ3) is 3.02. The third-order valence-electron chi connectivity index (χ3n) is 1.19. The van der Waals surface area contributed by atoms with Crippen LogP contribution < -0.4 is 0 Å². The van der Waals surface area contributed by atoms with Crippen molar-refractivity contribution < 1.29 is 14.7 Å². The van der Waals surface area contributed by atoms with E-state index in [1.807, 2.05) is 0 Å². The fourth-order valence-electron chi connectivity index (χ4n) is 0.527. The predicted molar refractivity (Wildman–Crippen MR) is 36.6 cm³/mol. The molecule has 0 aliphatic carbocycles. The number of carboxylic acid groups (broad SMARTS) is 1. The molecule has 3 heteroatoms. The van der Waals surface area contributed by atoms with Crippen molar-refractivity contribution in [2.45, 2.75) is 13.3 Å². The number of hydrogen-bond acceptors (Lipinski definition) is 2. The lowest BCUT2D eigenvalue weighted by Gasteiger charge is -2.04. The van der Waals surface area contributed by atoms with Gasteiger partial charge in [0.1, 0.15) is 6.29 Å². The Kier molecular flexibility index (Phi) is 3.39. The number of carbonyl (C=O) groups excluding carboxylic acids is 1. The second kappa shape index (κ2) is 3.82. The number of carboxylic acids is 1. The normalized spacial score (nSPS) is 12.1. The minimum atomic E-state index is -0.972. The maximum absolute atomic E-state index is 10.2. The van der Waals surface area contributed by atoms with E-state index in [1.165, 1.54) is 0 Å². The molecule has 3 nitrogen and oxygen atoms in total. The van der Waals surface area contributed by atoms with Gasteiger partial charge in [-0.2, -0.15) is 0 Å². The molecule has 1 atom stereocenters. The van der Waals surface area contributed by atoms with E-state index in [0.717, 1.165) is 0 Å². The number of carbonyl (C=O) groups is 2. The Morgan fingerprint density at radius 1 is 1.80 bits per heavy atom. The smallest absolute Gasteiger partial charge is 0.304 e. The topological polar surface area (TPSA) is 54.4 Å². The average Bonchev–Trinajstić information content (AvgIpc) is 1.81. The first-order valence-electron chi connectivity index (χ1n) is 2.90. The van der Waals surface area contributed by atoms with E-state index in [-0.39, 0.29) is 6.42 Å². The van der Waals surface area contributed by atoms with E-state index in [0.29, 0.717) is 11.9 Å². The minimum absolute atomic E-state index is 0.154. The lowest BCUT2D eigenvalue weighted by atomic mass is 10.0. The Bertz CT molecular complexity index is 160. The highest BCUT2D eigenvalue weighted by molar-refractivity contribution is 5.73. The molecular formula is C7H10O3. The molecule has 0 aliphatic rings. The Hall–Kier alpha value is -1.12. The molecule has 0 aliphatic heterocycles. The maximum atomic E-state index is 10.2. The summed E-state index contributed by atoms with van der Waals surface area (Å²) in [6.07, 6.45) is 0.454. The van der Waals surface area contributed by atoms with Gasteiger partial charge in [-0.25, -0.2) is 0 Å². The molecule has 0 aromatic rings. The molecule has 0 saturated carbocycles. The molecule has 0 amide bonds. The summed E-state index contributed by atoms with van der Waals surface area (Å²) >= 11 is 0. The first-order chi connectivity index (χ1) is 4.57. The van der Waals surface area contributed by atoms with Gasteiger partial charge in [-0.1, -0.05) is 12.2 Å². The molecule has 0 saturated heterocycles. The van der Waals surface area contributed by atoms with Gasteiger partial charge in [0.2, 0.25) is 0 Å². The Labute approximate surface area is 59.4 Å². The Morgan fingerprint density at radius 3 is 2.40 bits per heavy atom. The van der Waals surface area contributed by atoms with Crippen LogP contribution >= 0.6 is 0 Å². The molecule has 0 aromatic carbocycles. The minimum Gasteiger partial charge on any atom is -0.481 e.